The van der Waals surface area contributed by atoms with Crippen molar-refractivity contribution in [3.63, 3.8) is 0 Å². The predicted octanol–water partition coefficient (Wildman–Crippen LogP) is 0.595. The molecule has 0 unspecified atom stereocenters. The predicted molar refractivity (Wildman–Crippen MR) is 77.5 cm³/mol. The first-order valence-corrected chi connectivity index (χ1v) is 6.59. The van der Waals surface area contributed by atoms with Crippen molar-refractivity contribution in [3.8, 4) is 0 Å². The van der Waals surface area contributed by atoms with Gasteiger partial charge in [-0.05, 0) is 24.1 Å². The van der Waals surface area contributed by atoms with Crippen LogP contribution >= 0.6 is 0 Å². The minimum absolute atomic E-state index is 0.0914. The maximum absolute atomic E-state index is 11.8. The summed E-state index contributed by atoms with van der Waals surface area (Å²) < 4.78 is 1.47. The van der Waals surface area contributed by atoms with Crippen LogP contribution in [0.5, 0.6) is 0 Å². The van der Waals surface area contributed by atoms with Gasteiger partial charge in [-0.2, -0.15) is 5.10 Å². The Bertz CT molecular complexity index is 609. The van der Waals surface area contributed by atoms with Crippen LogP contribution in [0.25, 0.3) is 0 Å². The van der Waals surface area contributed by atoms with Gasteiger partial charge >= 0.3 is 0 Å². The Hall–Kier alpha value is -2.70. The Kier molecular flexibility index (Phi) is 5.03. The first kappa shape index (κ1) is 14.7. The number of nitrogens with one attached hydrogen (secondary N) is 2. The van der Waals surface area contributed by atoms with E-state index < -0.39 is 0 Å². The first-order valence-electron chi connectivity index (χ1n) is 6.59. The molecule has 2 heterocycles. The van der Waals surface area contributed by atoms with Crippen molar-refractivity contribution < 1.29 is 9.59 Å². The summed E-state index contributed by atoms with van der Waals surface area (Å²) in [7, 11) is 1.56. The highest BCUT2D eigenvalue weighted by atomic mass is 16.2. The summed E-state index contributed by atoms with van der Waals surface area (Å²) in [5.74, 6) is -0.236. The Labute approximate surface area is 122 Å². The average Bonchev–Trinajstić information content (AvgIpc) is 2.93. The zero-order chi connectivity index (χ0) is 15.1. The number of hydrogen-bond acceptors (Lipinski definition) is 4. The molecule has 0 aromatic carbocycles. The lowest BCUT2D eigenvalue weighted by molar-refractivity contribution is -0.121. The van der Waals surface area contributed by atoms with E-state index in [0.717, 1.165) is 5.56 Å². The number of amides is 2. The van der Waals surface area contributed by atoms with Crippen LogP contribution in [0.1, 0.15) is 12.0 Å². The van der Waals surface area contributed by atoms with Crippen molar-refractivity contribution in [3.05, 3.63) is 42.5 Å². The molecule has 21 heavy (non-hydrogen) atoms. The van der Waals surface area contributed by atoms with Crippen molar-refractivity contribution in [2.75, 3.05) is 12.4 Å². The summed E-state index contributed by atoms with van der Waals surface area (Å²) in [6, 6.07) is 3.77. The van der Waals surface area contributed by atoms with Crippen LogP contribution in [0.15, 0.2) is 36.9 Å². The van der Waals surface area contributed by atoms with E-state index in [1.165, 1.54) is 10.9 Å². The van der Waals surface area contributed by atoms with Crippen molar-refractivity contribution in [2.45, 2.75) is 19.4 Å². The topological polar surface area (TPSA) is 88.9 Å². The fraction of sp³-hybridized carbons (Fsp3) is 0.286. The van der Waals surface area contributed by atoms with Gasteiger partial charge in [0.05, 0.1) is 11.9 Å². The molecular formula is C14H17N5O2. The lowest BCUT2D eigenvalue weighted by atomic mass is 10.1. The van der Waals surface area contributed by atoms with Crippen molar-refractivity contribution >= 4 is 17.5 Å². The number of anilines is 1. The van der Waals surface area contributed by atoms with Crippen LogP contribution in [0, 0.1) is 0 Å². The van der Waals surface area contributed by atoms with E-state index in [-0.39, 0.29) is 18.4 Å². The van der Waals surface area contributed by atoms with Crippen LogP contribution < -0.4 is 10.6 Å². The van der Waals surface area contributed by atoms with Gasteiger partial charge in [-0.1, -0.05) is 0 Å². The molecule has 2 rings (SSSR count). The molecule has 0 bridgehead atoms. The van der Waals surface area contributed by atoms with Gasteiger partial charge in [0.25, 0.3) is 0 Å². The molecule has 0 radical (unpaired) electrons. The minimum Gasteiger partial charge on any atom is -0.358 e. The van der Waals surface area contributed by atoms with Crippen LogP contribution in [0.3, 0.4) is 0 Å². The van der Waals surface area contributed by atoms with Gasteiger partial charge in [0.1, 0.15) is 6.54 Å². The molecular weight excluding hydrogens is 270 g/mol. The molecule has 0 saturated carbocycles. The van der Waals surface area contributed by atoms with Gasteiger partial charge in [-0.3, -0.25) is 19.3 Å². The molecule has 0 atom stereocenters. The first-order chi connectivity index (χ1) is 10.2. The second-order valence-electron chi connectivity index (χ2n) is 4.50. The highest BCUT2D eigenvalue weighted by Gasteiger charge is 2.06. The van der Waals surface area contributed by atoms with Gasteiger partial charge in [0.2, 0.25) is 11.8 Å². The highest BCUT2D eigenvalue weighted by Crippen LogP contribution is 2.07. The number of carbonyl (C=O) groups is 2. The highest BCUT2D eigenvalue weighted by molar-refractivity contribution is 5.90. The van der Waals surface area contributed by atoms with Crippen molar-refractivity contribution in [2.24, 2.45) is 0 Å². The van der Waals surface area contributed by atoms with Crippen LogP contribution in [0.2, 0.25) is 0 Å². The molecule has 110 valence electrons. The molecule has 0 saturated heterocycles. The monoisotopic (exact) mass is 287 g/mol. The maximum Gasteiger partial charge on any atom is 0.241 e. The SMILES string of the molecule is CNC(=O)Cn1cc(NC(=O)CCc2ccncc2)cn1. The molecule has 0 fully saturated rings. The third kappa shape index (κ3) is 4.72. The van der Waals surface area contributed by atoms with Gasteiger partial charge in [-0.15, -0.1) is 0 Å². The van der Waals surface area contributed by atoms with E-state index in [4.69, 9.17) is 0 Å². The Morgan fingerprint density at radius 1 is 1.24 bits per heavy atom. The molecule has 0 aliphatic carbocycles. The Morgan fingerprint density at radius 2 is 2.00 bits per heavy atom. The molecule has 2 aromatic rings. The number of carbonyl (C=O) groups excluding carboxylic acids is 2. The largest absolute Gasteiger partial charge is 0.358 e. The zero-order valence-electron chi connectivity index (χ0n) is 11.7. The average molecular weight is 287 g/mol. The fourth-order valence-corrected chi connectivity index (χ4v) is 1.77. The summed E-state index contributed by atoms with van der Waals surface area (Å²) in [4.78, 5) is 27.0. The van der Waals surface area contributed by atoms with E-state index in [1.54, 1.807) is 25.6 Å². The number of rotatable bonds is 6. The van der Waals surface area contributed by atoms with Crippen molar-refractivity contribution in [1.29, 1.82) is 0 Å². The quantitative estimate of drug-likeness (QED) is 0.814. The summed E-state index contributed by atoms with van der Waals surface area (Å²) in [6.45, 7) is 0.128. The fourth-order valence-electron chi connectivity index (χ4n) is 1.77. The van der Waals surface area contributed by atoms with Crippen LogP contribution in [-0.4, -0.2) is 33.6 Å². The number of likely N-dealkylation sites (N-methyl/N-ethyl adjacent to an activating group) is 1. The summed E-state index contributed by atoms with van der Waals surface area (Å²) in [6.07, 6.45) is 7.59. The second kappa shape index (κ2) is 7.18. The Balaban J connectivity index is 1.81. The normalized spacial score (nSPS) is 10.1. The van der Waals surface area contributed by atoms with Gasteiger partial charge in [0, 0.05) is 32.1 Å². The number of aromatic nitrogens is 3. The minimum atomic E-state index is -0.145. The molecule has 0 spiro atoms. The molecule has 7 heteroatoms. The smallest absolute Gasteiger partial charge is 0.241 e. The van der Waals surface area contributed by atoms with Gasteiger partial charge in [-0.25, -0.2) is 0 Å². The zero-order valence-corrected chi connectivity index (χ0v) is 11.7. The molecule has 2 N–H and O–H groups in total. The third-order valence-corrected chi connectivity index (χ3v) is 2.89. The van der Waals surface area contributed by atoms with E-state index in [0.29, 0.717) is 18.5 Å². The van der Waals surface area contributed by atoms with E-state index in [2.05, 4.69) is 20.7 Å². The van der Waals surface area contributed by atoms with E-state index >= 15 is 0 Å². The van der Waals surface area contributed by atoms with Crippen LogP contribution in [0.4, 0.5) is 5.69 Å². The van der Waals surface area contributed by atoms with Crippen LogP contribution in [-0.2, 0) is 22.6 Å². The molecule has 0 aliphatic rings. The van der Waals surface area contributed by atoms with Crippen molar-refractivity contribution in [1.82, 2.24) is 20.1 Å². The van der Waals surface area contributed by atoms with E-state index in [9.17, 15) is 9.59 Å². The lowest BCUT2D eigenvalue weighted by Gasteiger charge is -2.02. The van der Waals surface area contributed by atoms with Gasteiger partial charge < -0.3 is 10.6 Å². The standard InChI is InChI=1S/C14H17N5O2/c1-15-14(21)10-19-9-12(8-17-19)18-13(20)3-2-11-4-6-16-7-5-11/h4-9H,2-3,10H2,1H3,(H,15,21)(H,18,20). The molecule has 7 nitrogen and oxygen atoms in total. The summed E-state index contributed by atoms with van der Waals surface area (Å²) in [5.41, 5.74) is 1.65. The molecule has 2 aromatic heterocycles. The third-order valence-electron chi connectivity index (χ3n) is 2.89. The number of nitrogens with zero attached hydrogens (tertiary/aromatic N) is 3. The lowest BCUT2D eigenvalue weighted by Crippen LogP contribution is -2.23. The number of aryl methyl sites for hydroxylation is 1. The Morgan fingerprint density at radius 3 is 2.71 bits per heavy atom. The number of hydrogen-bond donors (Lipinski definition) is 2. The second-order valence-corrected chi connectivity index (χ2v) is 4.50. The summed E-state index contributed by atoms with van der Waals surface area (Å²) in [5, 5.41) is 9.27. The maximum atomic E-state index is 11.8. The van der Waals surface area contributed by atoms with E-state index in [1.807, 2.05) is 12.1 Å². The molecule has 2 amide bonds. The summed E-state index contributed by atoms with van der Waals surface area (Å²) >= 11 is 0. The molecule has 0 aliphatic heterocycles. The van der Waals surface area contributed by atoms with Gasteiger partial charge in [0.15, 0.2) is 0 Å². The number of pyridine rings is 1.